The predicted molar refractivity (Wildman–Crippen MR) is 62.3 cm³/mol. The maximum Gasteiger partial charge on any atom is 0.129 e. The van der Waals surface area contributed by atoms with E-state index < -0.39 is 0 Å². The molecular formula is C13H16FNO. The molecule has 0 amide bonds. The number of hydrogen-bond donors (Lipinski definition) is 1. The number of halogens is 1. The molecule has 0 spiro atoms. The largest absolute Gasteiger partial charge is 0.377 e. The lowest BCUT2D eigenvalue weighted by molar-refractivity contribution is 0.119. The first-order valence-corrected chi connectivity index (χ1v) is 5.33. The number of ether oxygens (including phenoxy) is 1. The molecular weight excluding hydrogens is 205 g/mol. The maximum absolute atomic E-state index is 13.5. The monoisotopic (exact) mass is 221 g/mol. The Labute approximate surface area is 95.6 Å². The van der Waals surface area contributed by atoms with Crippen molar-refractivity contribution in [1.82, 2.24) is 0 Å². The van der Waals surface area contributed by atoms with Gasteiger partial charge < -0.3 is 10.5 Å². The molecule has 2 nitrogen and oxygen atoms in total. The third-order valence-electron chi connectivity index (χ3n) is 1.99. The highest BCUT2D eigenvalue weighted by Crippen LogP contribution is 2.11. The van der Waals surface area contributed by atoms with Crippen LogP contribution >= 0.6 is 0 Å². The van der Waals surface area contributed by atoms with Crippen LogP contribution in [-0.2, 0) is 11.3 Å². The Hall–Kier alpha value is -1.37. The summed E-state index contributed by atoms with van der Waals surface area (Å²) >= 11 is 0. The van der Waals surface area contributed by atoms with E-state index in [1.54, 1.807) is 12.1 Å². The second kappa shape index (κ2) is 7.00. The van der Waals surface area contributed by atoms with Crippen LogP contribution in [0.1, 0.15) is 24.5 Å². The lowest BCUT2D eigenvalue weighted by Gasteiger charge is -2.04. The predicted octanol–water partition coefficient (Wildman–Crippen LogP) is 2.06. The minimum Gasteiger partial charge on any atom is -0.377 e. The van der Waals surface area contributed by atoms with Gasteiger partial charge in [-0.05, 0) is 18.6 Å². The van der Waals surface area contributed by atoms with Crippen molar-refractivity contribution in [3.63, 3.8) is 0 Å². The summed E-state index contributed by atoms with van der Waals surface area (Å²) in [6, 6.07) is 4.88. The molecule has 0 aromatic heterocycles. The molecule has 86 valence electrons. The molecule has 3 heteroatoms. The Bertz CT molecular complexity index is 393. The van der Waals surface area contributed by atoms with Gasteiger partial charge in [-0.15, -0.1) is 0 Å². The smallest absolute Gasteiger partial charge is 0.129 e. The highest BCUT2D eigenvalue weighted by molar-refractivity contribution is 5.37. The van der Waals surface area contributed by atoms with Gasteiger partial charge in [-0.25, -0.2) is 4.39 Å². The topological polar surface area (TPSA) is 35.2 Å². The molecule has 0 aliphatic rings. The van der Waals surface area contributed by atoms with Crippen molar-refractivity contribution in [1.29, 1.82) is 0 Å². The van der Waals surface area contributed by atoms with E-state index >= 15 is 0 Å². The molecule has 0 saturated heterocycles. The third kappa shape index (κ3) is 4.01. The Balaban J connectivity index is 2.67. The molecule has 0 fully saturated rings. The second-order valence-corrected chi connectivity index (χ2v) is 3.36. The number of nitrogens with two attached hydrogens (primary N) is 1. The lowest BCUT2D eigenvalue weighted by atomic mass is 10.1. The van der Waals surface area contributed by atoms with Crippen molar-refractivity contribution in [2.24, 2.45) is 5.73 Å². The molecule has 1 aromatic rings. The third-order valence-corrected chi connectivity index (χ3v) is 1.99. The van der Waals surface area contributed by atoms with E-state index in [0.29, 0.717) is 24.3 Å². The van der Waals surface area contributed by atoms with Crippen LogP contribution in [0.15, 0.2) is 18.2 Å². The van der Waals surface area contributed by atoms with Crippen LogP contribution in [0, 0.1) is 17.7 Å². The van der Waals surface area contributed by atoms with Gasteiger partial charge in [0.2, 0.25) is 0 Å². The second-order valence-electron chi connectivity index (χ2n) is 3.36. The van der Waals surface area contributed by atoms with Gasteiger partial charge in [-0.3, -0.25) is 0 Å². The van der Waals surface area contributed by atoms with Crippen LogP contribution in [0.3, 0.4) is 0 Å². The van der Waals surface area contributed by atoms with Crippen molar-refractivity contribution in [2.45, 2.75) is 20.0 Å². The Morgan fingerprint density at radius 1 is 1.44 bits per heavy atom. The van der Waals surface area contributed by atoms with Crippen molar-refractivity contribution >= 4 is 0 Å². The van der Waals surface area contributed by atoms with Crippen LogP contribution in [0.2, 0.25) is 0 Å². The average Bonchev–Trinajstić information content (AvgIpc) is 2.29. The summed E-state index contributed by atoms with van der Waals surface area (Å²) in [6.45, 7) is 3.25. The van der Waals surface area contributed by atoms with Gasteiger partial charge in [0.25, 0.3) is 0 Å². The average molecular weight is 221 g/mol. The minimum atomic E-state index is -0.278. The van der Waals surface area contributed by atoms with E-state index in [9.17, 15) is 4.39 Å². The van der Waals surface area contributed by atoms with Crippen molar-refractivity contribution in [3.8, 4) is 11.8 Å². The standard InChI is InChI=1S/C13H16FNO/c1-2-8-16-10-12-6-5-11(4-3-7-15)9-13(12)14/h5-6,9H,2,7-8,10,15H2,1H3. The van der Waals surface area contributed by atoms with Gasteiger partial charge in [0.15, 0.2) is 0 Å². The summed E-state index contributed by atoms with van der Waals surface area (Å²) in [7, 11) is 0. The van der Waals surface area contributed by atoms with E-state index in [1.807, 2.05) is 6.92 Å². The van der Waals surface area contributed by atoms with Crippen LogP contribution in [0.25, 0.3) is 0 Å². The Morgan fingerprint density at radius 2 is 2.25 bits per heavy atom. The molecule has 0 aliphatic heterocycles. The van der Waals surface area contributed by atoms with E-state index in [4.69, 9.17) is 10.5 Å². The zero-order valence-corrected chi connectivity index (χ0v) is 9.42. The summed E-state index contributed by atoms with van der Waals surface area (Å²) < 4.78 is 18.8. The van der Waals surface area contributed by atoms with Crippen LogP contribution in [-0.4, -0.2) is 13.2 Å². The molecule has 0 atom stereocenters. The summed E-state index contributed by atoms with van der Waals surface area (Å²) in [5, 5.41) is 0. The number of benzene rings is 1. The van der Waals surface area contributed by atoms with Crippen LogP contribution < -0.4 is 5.73 Å². The zero-order chi connectivity index (χ0) is 11.8. The summed E-state index contributed by atoms with van der Waals surface area (Å²) in [6.07, 6.45) is 0.932. The van der Waals surface area contributed by atoms with Gasteiger partial charge in [-0.1, -0.05) is 24.8 Å². The summed E-state index contributed by atoms with van der Waals surface area (Å²) in [4.78, 5) is 0. The van der Waals surface area contributed by atoms with E-state index in [1.165, 1.54) is 6.07 Å². The minimum absolute atomic E-state index is 0.278. The molecule has 16 heavy (non-hydrogen) atoms. The van der Waals surface area contributed by atoms with Gasteiger partial charge in [-0.2, -0.15) is 0 Å². The van der Waals surface area contributed by atoms with Gasteiger partial charge >= 0.3 is 0 Å². The Kier molecular flexibility index (Phi) is 5.55. The van der Waals surface area contributed by atoms with Crippen molar-refractivity contribution < 1.29 is 9.13 Å². The molecule has 1 rings (SSSR count). The normalized spacial score (nSPS) is 9.69. The first kappa shape index (κ1) is 12.7. The van der Waals surface area contributed by atoms with Gasteiger partial charge in [0.1, 0.15) is 5.82 Å². The van der Waals surface area contributed by atoms with Crippen LogP contribution in [0.4, 0.5) is 4.39 Å². The van der Waals surface area contributed by atoms with E-state index in [0.717, 1.165) is 6.42 Å². The van der Waals surface area contributed by atoms with E-state index in [2.05, 4.69) is 11.8 Å². The fourth-order valence-electron chi connectivity index (χ4n) is 1.22. The summed E-state index contributed by atoms with van der Waals surface area (Å²) in [5.41, 5.74) is 6.44. The maximum atomic E-state index is 13.5. The highest BCUT2D eigenvalue weighted by atomic mass is 19.1. The SMILES string of the molecule is CCCOCc1ccc(C#CCN)cc1F. The lowest BCUT2D eigenvalue weighted by Crippen LogP contribution is -1.97. The first-order chi connectivity index (χ1) is 7.77. The fraction of sp³-hybridized carbons (Fsp3) is 0.385. The van der Waals surface area contributed by atoms with Crippen molar-refractivity contribution in [2.75, 3.05) is 13.2 Å². The highest BCUT2D eigenvalue weighted by Gasteiger charge is 2.02. The van der Waals surface area contributed by atoms with E-state index in [-0.39, 0.29) is 12.4 Å². The number of rotatable bonds is 4. The molecule has 0 aliphatic carbocycles. The number of hydrogen-bond acceptors (Lipinski definition) is 2. The van der Waals surface area contributed by atoms with Gasteiger partial charge in [0.05, 0.1) is 13.2 Å². The molecule has 0 radical (unpaired) electrons. The molecule has 0 unspecified atom stereocenters. The Morgan fingerprint density at radius 3 is 2.88 bits per heavy atom. The van der Waals surface area contributed by atoms with Crippen molar-refractivity contribution in [3.05, 3.63) is 35.1 Å². The molecule has 2 N–H and O–H groups in total. The summed E-state index contributed by atoms with van der Waals surface area (Å²) in [5.74, 6) is 5.19. The molecule has 0 heterocycles. The molecule has 0 saturated carbocycles. The quantitative estimate of drug-likeness (QED) is 0.624. The molecule has 1 aromatic carbocycles. The first-order valence-electron chi connectivity index (χ1n) is 5.33. The zero-order valence-electron chi connectivity index (χ0n) is 9.42. The molecule has 0 bridgehead atoms. The fourth-order valence-corrected chi connectivity index (χ4v) is 1.22. The van der Waals surface area contributed by atoms with Crippen LogP contribution in [0.5, 0.6) is 0 Å². The van der Waals surface area contributed by atoms with Gasteiger partial charge in [0, 0.05) is 17.7 Å².